The van der Waals surface area contributed by atoms with Crippen molar-refractivity contribution in [3.05, 3.63) is 137 Å². The summed E-state index contributed by atoms with van der Waals surface area (Å²) in [6.45, 7) is 3.71. The summed E-state index contributed by atoms with van der Waals surface area (Å²) in [5.74, 6) is -18.6. The number of phenolic OH excluding ortho intramolecular Hbond substituents is 1. The third-order valence-corrected chi connectivity index (χ3v) is 22.0. The van der Waals surface area contributed by atoms with Crippen molar-refractivity contribution in [1.82, 2.24) is 78.4 Å². The van der Waals surface area contributed by atoms with Crippen molar-refractivity contribution in [1.29, 1.82) is 0 Å². The highest BCUT2D eigenvalue weighted by molar-refractivity contribution is 8.76. The smallest absolute Gasteiger partial charge is 0.407 e. The number of aliphatic carboxylic acids is 5. The number of carbonyl (C=O) groups excluding carboxylic acids is 11. The molecule has 22 N–H and O–H groups in total. The van der Waals surface area contributed by atoms with E-state index >= 15 is 19.2 Å². The summed E-state index contributed by atoms with van der Waals surface area (Å²) in [6.07, 6.45) is -4.41. The summed E-state index contributed by atoms with van der Waals surface area (Å²) in [4.78, 5) is 228. The van der Waals surface area contributed by atoms with Gasteiger partial charge in [0.2, 0.25) is 47.3 Å². The van der Waals surface area contributed by atoms with Crippen LogP contribution in [-0.2, 0) is 107 Å². The first kappa shape index (κ1) is 106. The van der Waals surface area contributed by atoms with Crippen molar-refractivity contribution >= 4 is 150 Å². The molecule has 10 amide bonds. The molecule has 1 aliphatic rings. The Morgan fingerprint density at radius 1 is 0.628 bits per heavy atom. The second-order valence-corrected chi connectivity index (χ2v) is 34.2. The second-order valence-electron chi connectivity index (χ2n) is 31.3. The number of aromatic hydroxyl groups is 1. The van der Waals surface area contributed by atoms with Crippen LogP contribution in [0.5, 0.6) is 5.75 Å². The Hall–Kier alpha value is -12.0. The fraction of sp³-hybridized carbons (Fsp3) is 0.476. The van der Waals surface area contributed by atoms with Crippen LogP contribution in [0.25, 0.3) is 16.2 Å². The average molecular weight is 1860 g/mol. The normalized spacial score (nSPS) is 18.2. The lowest BCUT2D eigenvalue weighted by atomic mass is 10.0. The minimum atomic E-state index is -1.96. The number of hydrogen-bond donors (Lipinski definition) is 22. The lowest BCUT2D eigenvalue weighted by Crippen LogP contribution is -2.62. The molecule has 0 saturated carbocycles. The molecule has 1 aliphatic heterocycles. The average Bonchev–Trinajstić information content (AvgIpc) is 1.68. The van der Waals surface area contributed by atoms with E-state index in [0.717, 1.165) is 45.2 Å². The first-order valence-electron chi connectivity index (χ1n) is 40.6. The molecule has 1 fully saturated rings. The molecule has 0 bridgehead atoms. The van der Waals surface area contributed by atoms with Gasteiger partial charge < -0.3 is 109 Å². The Balaban J connectivity index is 1.23. The number of carboxylic acids is 5. The lowest BCUT2D eigenvalue weighted by molar-refractivity contribution is -0.277. The van der Waals surface area contributed by atoms with E-state index in [1.165, 1.54) is 41.3 Å². The molecule has 12 atom stereocenters. The molecule has 44 nitrogen and oxygen atoms in total. The standard InChI is InChI=1S/C82H111N17O27S3/c1-45(36-97(38-66(106)107)39-67(108)109)99(44-125-124)53(37-98(40-68(110)111)41-69(112)113)28-49-19-23-52(24-20-49)87-80(127)94-65(105)35-86-85-34-55(103)32-64(104)88-59(29-48-14-8-7-9-15-48)73(115)92-62-42-128-129-43-63(77(119)96-71(47(3)101)79(121)122)93-78(120)70(46(2)100)95-72(114)58(18-12-13-27-83-81(123)126-82(4,5)6)89-75(117)61(31-51-33-84-57-17-11-10-16-56(51)57)91-74(116)60(90-76(62)118)30-50-21-25-54(102)26-22-50/h7-11,14-17,19-26,33,45-47,53,58-63,70-71,84-86,100-101H,12-13,18,27-32,34-44H2,1-6H3,(H18,83,87,88,89,90,91,92,93,94,95,96,102,104,105,106,107,108,109,110,111,112,113,114,115,116,117,118,119,120,121,122,123,124,127)/p-1/t45-,46+,47+,53+,58-,59?,60-,61-,62?,63?,70-,71-/m0/s1. The van der Waals surface area contributed by atoms with Crippen LogP contribution in [0.2, 0.25) is 0 Å². The number of Topliss-reactive ketones (excluding diaryl/α,β-unsaturated/α-hetero) is 1. The number of fused-ring (bicyclic) bond motifs is 1. The number of anilines is 1. The number of ether oxygens (including phenoxy) is 1. The molecule has 4 aromatic carbocycles. The van der Waals surface area contributed by atoms with Crippen molar-refractivity contribution in [2.75, 3.05) is 82.5 Å². The summed E-state index contributed by atoms with van der Waals surface area (Å²) >= 11 is 5.31. The minimum absolute atomic E-state index is 0.0105. The number of amides is 10. The third-order valence-electron chi connectivity index (χ3n) is 19.4. The number of hydrogen-bond acceptors (Lipinski definition) is 30. The molecule has 2 heterocycles. The lowest BCUT2D eigenvalue weighted by Gasteiger charge is -2.39. The summed E-state index contributed by atoms with van der Waals surface area (Å²) in [7, 11) is 1.55. The van der Waals surface area contributed by atoms with Gasteiger partial charge in [-0.25, -0.2) is 19.9 Å². The Morgan fingerprint density at radius 3 is 1.80 bits per heavy atom. The second kappa shape index (κ2) is 53.1. The number of nitrogens with one attached hydrogen (secondary N) is 13. The van der Waals surface area contributed by atoms with Crippen LogP contribution in [0.3, 0.4) is 0 Å². The van der Waals surface area contributed by atoms with Crippen molar-refractivity contribution in [2.45, 2.75) is 171 Å². The van der Waals surface area contributed by atoms with Gasteiger partial charge in [-0.3, -0.25) is 92.5 Å². The number of benzene rings is 4. The molecule has 704 valence electrons. The number of carbonyl (C=O) groups is 16. The summed E-state index contributed by atoms with van der Waals surface area (Å²) < 4.78 is 5.34. The van der Waals surface area contributed by atoms with E-state index in [-0.39, 0.29) is 75.4 Å². The highest BCUT2D eigenvalue weighted by Gasteiger charge is 2.39. The van der Waals surface area contributed by atoms with Crippen molar-refractivity contribution < 1.29 is 132 Å². The number of ketones is 1. The molecule has 5 aromatic rings. The molecule has 0 radical (unpaired) electrons. The van der Waals surface area contributed by atoms with E-state index in [9.17, 15) is 104 Å². The first-order valence-corrected chi connectivity index (χ1v) is 43.5. The van der Waals surface area contributed by atoms with Gasteiger partial charge in [-0.2, -0.15) is 0 Å². The predicted molar refractivity (Wildman–Crippen MR) is 471 cm³/mol. The summed E-state index contributed by atoms with van der Waals surface area (Å²) in [5, 5.41) is 120. The summed E-state index contributed by atoms with van der Waals surface area (Å²) in [6, 6.07) is 11.2. The van der Waals surface area contributed by atoms with Gasteiger partial charge in [0.25, 0.3) is 0 Å². The monoisotopic (exact) mass is 1860 g/mol. The number of phenols is 1. The molecular weight excluding hydrogens is 1750 g/mol. The quantitative estimate of drug-likeness (QED) is 0.00425. The topological polar surface area (TPSA) is 658 Å². The number of unbranched alkanes of at least 4 members (excludes halogenated alkanes) is 1. The molecule has 0 aliphatic carbocycles. The number of carboxylic acid groups (broad SMARTS) is 5. The number of aromatic nitrogens is 1. The van der Waals surface area contributed by atoms with E-state index in [4.69, 9.17) is 17.0 Å². The summed E-state index contributed by atoms with van der Waals surface area (Å²) in [5.41, 5.74) is 6.90. The minimum Gasteiger partial charge on any atom is -0.508 e. The van der Waals surface area contributed by atoms with Crippen LogP contribution >= 0.6 is 33.8 Å². The molecule has 6 rings (SSSR count). The maximum absolute atomic E-state index is 15.3. The molecule has 1 aromatic heterocycles. The Labute approximate surface area is 753 Å². The van der Waals surface area contributed by atoms with Crippen molar-refractivity contribution in [3.8, 4) is 5.75 Å². The number of nitrogens with zero attached hydrogens (tertiary/aromatic N) is 4. The van der Waals surface area contributed by atoms with Gasteiger partial charge >= 0.3 is 35.9 Å². The highest BCUT2D eigenvalue weighted by atomic mass is 33.1. The number of para-hydroxylation sites is 1. The van der Waals surface area contributed by atoms with Gasteiger partial charge in [0, 0.05) is 84.7 Å². The van der Waals surface area contributed by atoms with Gasteiger partial charge in [-0.15, -0.1) is 0 Å². The fourth-order valence-electron chi connectivity index (χ4n) is 13.3. The Bertz CT molecular complexity index is 4650. The van der Waals surface area contributed by atoms with E-state index in [0.29, 0.717) is 38.8 Å². The van der Waals surface area contributed by atoms with Gasteiger partial charge in [-0.05, 0) is 113 Å². The van der Waals surface area contributed by atoms with Gasteiger partial charge in [0.1, 0.15) is 60.4 Å². The van der Waals surface area contributed by atoms with Crippen molar-refractivity contribution in [3.63, 3.8) is 0 Å². The number of rotatable bonds is 45. The molecule has 1 saturated heterocycles. The van der Waals surface area contributed by atoms with E-state index in [2.05, 4.69) is 79.2 Å². The molecule has 3 unspecified atom stereocenters. The third kappa shape index (κ3) is 38.4. The van der Waals surface area contributed by atoms with Crippen LogP contribution in [0, 0.1) is 0 Å². The van der Waals surface area contributed by atoms with Gasteiger partial charge in [-0.1, -0.05) is 119 Å². The van der Waals surface area contributed by atoms with E-state index < -0.39 is 237 Å². The van der Waals surface area contributed by atoms with Gasteiger partial charge in [0.05, 0.1) is 57.9 Å². The first-order chi connectivity index (χ1) is 61.0. The maximum atomic E-state index is 15.3. The highest BCUT2D eigenvalue weighted by Crippen LogP contribution is 2.26. The number of hydrazine groups is 1. The van der Waals surface area contributed by atoms with Crippen LogP contribution in [0.4, 0.5) is 10.5 Å². The molecule has 47 heteroatoms. The number of thiocarbonyl (C=S) groups is 1. The van der Waals surface area contributed by atoms with Crippen molar-refractivity contribution in [2.24, 2.45) is 0 Å². The maximum Gasteiger partial charge on any atom is 0.407 e. The fourth-order valence-corrected chi connectivity index (χ4v) is 15.9. The van der Waals surface area contributed by atoms with Crippen LogP contribution in [0.1, 0.15) is 89.5 Å². The molecule has 129 heavy (non-hydrogen) atoms. The van der Waals surface area contributed by atoms with Gasteiger partial charge in [0.15, 0.2) is 17.7 Å². The van der Waals surface area contributed by atoms with E-state index in [1.54, 1.807) is 101 Å². The Kier molecular flexibility index (Phi) is 43.5. The zero-order valence-corrected chi connectivity index (χ0v) is 73.8. The number of aliphatic hydroxyl groups is 2. The zero-order chi connectivity index (χ0) is 95.2. The predicted octanol–water partition coefficient (Wildman–Crippen LogP) is -0.942. The number of H-pyrrole nitrogens is 1. The zero-order valence-electron chi connectivity index (χ0n) is 71.3. The van der Waals surface area contributed by atoms with E-state index in [1.807, 2.05) is 0 Å². The molecular formula is C82H110N17O27S3-. The number of alkyl carbamates (subject to hydrolysis) is 1. The van der Waals surface area contributed by atoms with Crippen LogP contribution in [-0.4, -0.2) is 321 Å². The number of aliphatic hydroxyl groups excluding tert-OH is 2. The SMILES string of the molecule is C[C@@H](O)[C@H](NC(=O)C1CSSCC(NC(=O)C(Cc2ccccc2)NC(=O)CC(=O)CNNCC(=O)[N-]C(=S)Nc2ccc(C[C@H](CN(CC(=O)O)CC(=O)O)N(COO)[C@@H](C)CN(CC(=O)O)CC(=O)O)cc2)C(=O)N[C@@H](Cc2ccc(O)cc2)C(=O)N[C@@H](Cc2c[nH]c3ccccc23)C(=O)N[C@@H](CCCCNC(=O)OC(C)(C)C)C(=O)N[C@@H]([C@@H](C)O)C(=O)N1)C(=O)O. The van der Waals surface area contributed by atoms with Crippen LogP contribution in [0.15, 0.2) is 109 Å². The number of aromatic amines is 1. The Morgan fingerprint density at radius 2 is 1.19 bits per heavy atom. The van der Waals surface area contributed by atoms with Crippen LogP contribution < -0.4 is 64.0 Å². The largest absolute Gasteiger partial charge is 0.508 e. The molecule has 0 spiro atoms.